The standard InChI is InChI=1S/C12H18N4OS/c1-16-9(14-15-12(16)18)5-6-13-11(17)10-7-3-2-4-8(7)10/h7-8,10H,2-6H2,1H3,(H,13,17)(H,15,18)/t7-,8-/m0/s1. The van der Waals surface area contributed by atoms with Crippen molar-refractivity contribution < 1.29 is 4.79 Å². The molecule has 3 rings (SSSR count). The van der Waals surface area contributed by atoms with Gasteiger partial charge in [-0.15, -0.1) is 0 Å². The van der Waals surface area contributed by atoms with Gasteiger partial charge in [0.2, 0.25) is 5.91 Å². The second kappa shape index (κ2) is 4.50. The summed E-state index contributed by atoms with van der Waals surface area (Å²) in [5.74, 6) is 2.80. The molecule has 2 aliphatic rings. The molecule has 2 fully saturated rings. The molecule has 2 N–H and O–H groups in total. The number of hydrogen-bond donors (Lipinski definition) is 2. The first kappa shape index (κ1) is 11.9. The van der Waals surface area contributed by atoms with Crippen molar-refractivity contribution in [1.29, 1.82) is 0 Å². The van der Waals surface area contributed by atoms with Gasteiger partial charge in [-0.2, -0.15) is 5.10 Å². The van der Waals surface area contributed by atoms with E-state index in [1.165, 1.54) is 19.3 Å². The molecular weight excluding hydrogens is 248 g/mol. The van der Waals surface area contributed by atoms with Gasteiger partial charge in [-0.3, -0.25) is 9.89 Å². The van der Waals surface area contributed by atoms with E-state index in [2.05, 4.69) is 15.5 Å². The summed E-state index contributed by atoms with van der Waals surface area (Å²) >= 11 is 5.04. The fourth-order valence-electron chi connectivity index (χ4n) is 3.23. The highest BCUT2D eigenvalue weighted by Crippen LogP contribution is 2.57. The zero-order valence-electron chi connectivity index (χ0n) is 10.5. The highest BCUT2D eigenvalue weighted by molar-refractivity contribution is 7.71. The van der Waals surface area contributed by atoms with Gasteiger partial charge in [0.1, 0.15) is 5.82 Å². The summed E-state index contributed by atoms with van der Waals surface area (Å²) in [6, 6.07) is 0. The van der Waals surface area contributed by atoms with Gasteiger partial charge in [-0.1, -0.05) is 6.42 Å². The third kappa shape index (κ3) is 1.98. The molecule has 1 heterocycles. The molecule has 0 spiro atoms. The first-order chi connectivity index (χ1) is 8.68. The molecule has 1 aromatic rings. The Labute approximate surface area is 111 Å². The van der Waals surface area contributed by atoms with E-state index in [4.69, 9.17) is 12.2 Å². The maximum Gasteiger partial charge on any atom is 0.223 e. The Balaban J connectivity index is 1.46. The molecule has 1 amide bonds. The van der Waals surface area contributed by atoms with Crippen LogP contribution in [-0.2, 0) is 18.3 Å². The normalized spacial score (nSPS) is 29.1. The van der Waals surface area contributed by atoms with Crippen LogP contribution < -0.4 is 5.32 Å². The number of aromatic amines is 1. The summed E-state index contributed by atoms with van der Waals surface area (Å²) in [4.78, 5) is 11.9. The SMILES string of the molecule is Cn1c(CCNC(=O)C2[C@H]3CCC[C@H]23)n[nH]c1=S. The van der Waals surface area contributed by atoms with Crippen LogP contribution in [0.25, 0.3) is 0 Å². The second-order valence-corrected chi connectivity index (χ2v) is 5.72. The predicted octanol–water partition coefficient (Wildman–Crippen LogP) is 1.18. The topological polar surface area (TPSA) is 62.7 Å². The summed E-state index contributed by atoms with van der Waals surface area (Å²) in [5.41, 5.74) is 0. The fraction of sp³-hybridized carbons (Fsp3) is 0.750. The van der Waals surface area contributed by atoms with Crippen molar-refractivity contribution in [2.75, 3.05) is 6.54 Å². The Kier molecular flexibility index (Phi) is 2.97. The third-order valence-corrected chi connectivity index (χ3v) is 4.69. The highest BCUT2D eigenvalue weighted by Gasteiger charge is 2.56. The minimum atomic E-state index is 0.237. The van der Waals surface area contributed by atoms with Crippen LogP contribution in [0.5, 0.6) is 0 Å². The maximum atomic E-state index is 11.9. The molecule has 1 aromatic heterocycles. The van der Waals surface area contributed by atoms with Gasteiger partial charge in [-0.05, 0) is 36.9 Å². The molecule has 0 bridgehead atoms. The van der Waals surface area contributed by atoms with Crippen molar-refractivity contribution in [2.24, 2.45) is 24.8 Å². The first-order valence-electron chi connectivity index (χ1n) is 6.56. The molecule has 2 atom stereocenters. The molecule has 0 saturated heterocycles. The Hall–Kier alpha value is -1.17. The minimum absolute atomic E-state index is 0.237. The smallest absolute Gasteiger partial charge is 0.223 e. The molecule has 6 heteroatoms. The zero-order chi connectivity index (χ0) is 12.7. The number of nitrogens with zero attached hydrogens (tertiary/aromatic N) is 2. The number of carbonyl (C=O) groups is 1. The molecular formula is C12H18N4OS. The lowest BCUT2D eigenvalue weighted by Crippen LogP contribution is -2.29. The van der Waals surface area contributed by atoms with Gasteiger partial charge in [0.15, 0.2) is 4.77 Å². The lowest BCUT2D eigenvalue weighted by Gasteiger charge is -2.06. The summed E-state index contributed by atoms with van der Waals surface area (Å²) in [6.45, 7) is 0.641. The van der Waals surface area contributed by atoms with E-state index in [-0.39, 0.29) is 5.91 Å². The number of aromatic nitrogens is 3. The number of amides is 1. The van der Waals surface area contributed by atoms with Crippen molar-refractivity contribution in [3.8, 4) is 0 Å². The lowest BCUT2D eigenvalue weighted by atomic mass is 10.1. The van der Waals surface area contributed by atoms with E-state index in [1.54, 1.807) is 0 Å². The predicted molar refractivity (Wildman–Crippen MR) is 69.4 cm³/mol. The van der Waals surface area contributed by atoms with E-state index >= 15 is 0 Å². The van der Waals surface area contributed by atoms with E-state index in [0.29, 0.717) is 29.1 Å². The molecule has 18 heavy (non-hydrogen) atoms. The minimum Gasteiger partial charge on any atom is -0.355 e. The summed E-state index contributed by atoms with van der Waals surface area (Å²) in [7, 11) is 1.88. The average Bonchev–Trinajstić information content (AvgIpc) is 2.68. The number of hydrogen-bond acceptors (Lipinski definition) is 3. The van der Waals surface area contributed by atoms with Crippen LogP contribution in [0.15, 0.2) is 0 Å². The van der Waals surface area contributed by atoms with Crippen molar-refractivity contribution >= 4 is 18.1 Å². The van der Waals surface area contributed by atoms with Crippen LogP contribution >= 0.6 is 12.2 Å². The van der Waals surface area contributed by atoms with Crippen LogP contribution in [0.4, 0.5) is 0 Å². The number of fused-ring (bicyclic) bond motifs is 1. The monoisotopic (exact) mass is 266 g/mol. The summed E-state index contributed by atoms with van der Waals surface area (Å²) in [6.07, 6.45) is 4.52. The molecule has 0 aromatic carbocycles. The van der Waals surface area contributed by atoms with Gasteiger partial charge in [-0.25, -0.2) is 0 Å². The Morgan fingerprint density at radius 1 is 1.56 bits per heavy atom. The van der Waals surface area contributed by atoms with Crippen molar-refractivity contribution in [1.82, 2.24) is 20.1 Å². The average molecular weight is 266 g/mol. The number of carbonyl (C=O) groups excluding carboxylic acids is 1. The number of H-pyrrole nitrogens is 1. The lowest BCUT2D eigenvalue weighted by molar-refractivity contribution is -0.123. The van der Waals surface area contributed by atoms with Gasteiger partial charge in [0.05, 0.1) is 0 Å². The Morgan fingerprint density at radius 2 is 2.28 bits per heavy atom. The summed E-state index contributed by atoms with van der Waals surface area (Å²) in [5, 5.41) is 9.89. The van der Waals surface area contributed by atoms with Gasteiger partial charge < -0.3 is 9.88 Å². The molecule has 98 valence electrons. The van der Waals surface area contributed by atoms with Crippen molar-refractivity contribution in [2.45, 2.75) is 25.7 Å². The first-order valence-corrected chi connectivity index (χ1v) is 6.97. The van der Waals surface area contributed by atoms with Gasteiger partial charge in [0.25, 0.3) is 0 Å². The van der Waals surface area contributed by atoms with Crippen LogP contribution in [0.2, 0.25) is 0 Å². The molecule has 0 aliphatic heterocycles. The van der Waals surface area contributed by atoms with Crippen molar-refractivity contribution in [3.05, 3.63) is 10.6 Å². The Morgan fingerprint density at radius 3 is 2.89 bits per heavy atom. The molecule has 0 radical (unpaired) electrons. The molecule has 2 saturated carbocycles. The fourth-order valence-corrected chi connectivity index (χ4v) is 3.38. The van der Waals surface area contributed by atoms with Crippen LogP contribution in [0, 0.1) is 22.5 Å². The zero-order valence-corrected chi connectivity index (χ0v) is 11.3. The third-order valence-electron chi connectivity index (χ3n) is 4.33. The van der Waals surface area contributed by atoms with E-state index < -0.39 is 0 Å². The van der Waals surface area contributed by atoms with E-state index in [0.717, 1.165) is 12.2 Å². The number of nitrogens with one attached hydrogen (secondary N) is 2. The number of rotatable bonds is 4. The van der Waals surface area contributed by atoms with Crippen LogP contribution in [0.1, 0.15) is 25.1 Å². The quantitative estimate of drug-likeness (QED) is 0.805. The molecule has 0 unspecified atom stereocenters. The second-order valence-electron chi connectivity index (χ2n) is 5.33. The van der Waals surface area contributed by atoms with Gasteiger partial charge >= 0.3 is 0 Å². The largest absolute Gasteiger partial charge is 0.355 e. The Bertz CT molecular complexity index is 510. The van der Waals surface area contributed by atoms with Crippen LogP contribution in [0.3, 0.4) is 0 Å². The maximum absolute atomic E-state index is 11.9. The molecule has 5 nitrogen and oxygen atoms in total. The highest BCUT2D eigenvalue weighted by atomic mass is 32.1. The summed E-state index contributed by atoms with van der Waals surface area (Å²) < 4.78 is 2.46. The van der Waals surface area contributed by atoms with Gasteiger partial charge in [0, 0.05) is 25.9 Å². The van der Waals surface area contributed by atoms with E-state index in [9.17, 15) is 4.79 Å². The van der Waals surface area contributed by atoms with Crippen LogP contribution in [-0.4, -0.2) is 27.2 Å². The van der Waals surface area contributed by atoms with Crippen molar-refractivity contribution in [3.63, 3.8) is 0 Å². The van der Waals surface area contributed by atoms with E-state index in [1.807, 2.05) is 11.6 Å². The molecule has 2 aliphatic carbocycles.